The molecule has 26 heavy (non-hydrogen) atoms. The Labute approximate surface area is 150 Å². The molecule has 7 nitrogen and oxygen atoms in total. The quantitative estimate of drug-likeness (QED) is 0.763. The molecule has 0 aromatic heterocycles. The summed E-state index contributed by atoms with van der Waals surface area (Å²) in [6.45, 7) is 2.14. The Balaban J connectivity index is 1.91. The summed E-state index contributed by atoms with van der Waals surface area (Å²) in [7, 11) is 0. The molecule has 0 spiro atoms. The fourth-order valence-electron chi connectivity index (χ4n) is 3.32. The standard InChI is InChI=1S/C19H19N3O4/c1-10-7-13-8-16-17(26-19(24)25-16)9-15(13)18(21-22(10)11(2)23)12-3-5-14(20)6-4-12/h3-6,8-10,19,24H,7,20H2,1-2H3/t10-,19?/m1/s1. The third-order valence-electron chi connectivity index (χ3n) is 4.53. The number of aliphatic hydroxyl groups is 1. The first-order valence-corrected chi connectivity index (χ1v) is 8.35. The number of benzene rings is 2. The summed E-state index contributed by atoms with van der Waals surface area (Å²) < 4.78 is 10.6. The van der Waals surface area contributed by atoms with Crippen molar-refractivity contribution in [1.82, 2.24) is 5.01 Å². The highest BCUT2D eigenvalue weighted by Crippen LogP contribution is 2.39. The number of anilines is 1. The van der Waals surface area contributed by atoms with E-state index < -0.39 is 6.48 Å². The van der Waals surface area contributed by atoms with Gasteiger partial charge in [-0.15, -0.1) is 0 Å². The van der Waals surface area contributed by atoms with Gasteiger partial charge in [0.2, 0.25) is 5.91 Å². The van der Waals surface area contributed by atoms with Gasteiger partial charge in [0.15, 0.2) is 11.5 Å². The van der Waals surface area contributed by atoms with Gasteiger partial charge in [-0.2, -0.15) is 5.10 Å². The molecule has 1 amide bonds. The van der Waals surface area contributed by atoms with Gasteiger partial charge in [-0.05, 0) is 43.2 Å². The maximum atomic E-state index is 12.1. The number of hydrazone groups is 1. The minimum Gasteiger partial charge on any atom is -0.428 e. The Hall–Kier alpha value is -3.06. The Bertz CT molecular complexity index is 908. The predicted octanol–water partition coefficient (Wildman–Crippen LogP) is 1.86. The zero-order valence-electron chi connectivity index (χ0n) is 14.5. The molecule has 4 rings (SSSR count). The second kappa shape index (κ2) is 6.03. The molecule has 2 aliphatic heterocycles. The van der Waals surface area contributed by atoms with Crippen LogP contribution in [0, 0.1) is 0 Å². The lowest BCUT2D eigenvalue weighted by Gasteiger charge is -2.21. The number of carbonyl (C=O) groups is 1. The highest BCUT2D eigenvalue weighted by molar-refractivity contribution is 6.14. The fourth-order valence-corrected chi connectivity index (χ4v) is 3.32. The minimum atomic E-state index is -1.31. The number of carbonyl (C=O) groups excluding carboxylic acids is 1. The maximum Gasteiger partial charge on any atom is 0.358 e. The second-order valence-electron chi connectivity index (χ2n) is 6.49. The Morgan fingerprint density at radius 1 is 1.23 bits per heavy atom. The van der Waals surface area contributed by atoms with Gasteiger partial charge in [0.1, 0.15) is 0 Å². The summed E-state index contributed by atoms with van der Waals surface area (Å²) in [5.74, 6) is 0.799. The average Bonchev–Trinajstić information content (AvgIpc) is 2.87. The third kappa shape index (κ3) is 2.76. The first-order chi connectivity index (χ1) is 12.4. The molecule has 2 atom stereocenters. The van der Waals surface area contributed by atoms with Crippen LogP contribution in [0.25, 0.3) is 0 Å². The molecule has 2 heterocycles. The van der Waals surface area contributed by atoms with Gasteiger partial charge in [-0.25, -0.2) is 5.01 Å². The molecule has 2 aromatic carbocycles. The van der Waals surface area contributed by atoms with Crippen molar-refractivity contribution >= 4 is 17.3 Å². The number of amides is 1. The van der Waals surface area contributed by atoms with Crippen molar-refractivity contribution in [2.75, 3.05) is 5.73 Å². The number of hydrogen-bond acceptors (Lipinski definition) is 6. The van der Waals surface area contributed by atoms with Crippen molar-refractivity contribution in [3.63, 3.8) is 0 Å². The Morgan fingerprint density at radius 2 is 1.88 bits per heavy atom. The van der Waals surface area contributed by atoms with Crippen molar-refractivity contribution in [2.24, 2.45) is 5.10 Å². The molecule has 0 fully saturated rings. The molecule has 7 heteroatoms. The van der Waals surface area contributed by atoms with Gasteiger partial charge in [-0.3, -0.25) is 4.79 Å². The number of ether oxygens (including phenoxy) is 2. The van der Waals surface area contributed by atoms with E-state index in [-0.39, 0.29) is 11.9 Å². The number of hydrogen-bond donors (Lipinski definition) is 2. The van der Waals surface area contributed by atoms with E-state index in [1.165, 1.54) is 11.9 Å². The van der Waals surface area contributed by atoms with Crippen LogP contribution in [0.2, 0.25) is 0 Å². The van der Waals surface area contributed by atoms with Crippen LogP contribution >= 0.6 is 0 Å². The van der Waals surface area contributed by atoms with Crippen molar-refractivity contribution in [3.05, 3.63) is 53.1 Å². The molecule has 1 unspecified atom stereocenters. The summed E-state index contributed by atoms with van der Waals surface area (Å²) in [6, 6.07) is 10.8. The Morgan fingerprint density at radius 3 is 2.54 bits per heavy atom. The maximum absolute atomic E-state index is 12.1. The fraction of sp³-hybridized carbons (Fsp3) is 0.263. The lowest BCUT2D eigenvalue weighted by molar-refractivity contribution is -0.133. The van der Waals surface area contributed by atoms with Crippen molar-refractivity contribution in [3.8, 4) is 11.5 Å². The zero-order valence-corrected chi connectivity index (χ0v) is 14.5. The number of fused-ring (bicyclic) bond motifs is 2. The summed E-state index contributed by atoms with van der Waals surface area (Å²) in [5.41, 5.74) is 9.73. The highest BCUT2D eigenvalue weighted by atomic mass is 16.8. The molecule has 2 aliphatic rings. The van der Waals surface area contributed by atoms with Crippen molar-refractivity contribution < 1.29 is 19.4 Å². The average molecular weight is 353 g/mol. The van der Waals surface area contributed by atoms with Crippen LogP contribution in [0.5, 0.6) is 11.5 Å². The van der Waals surface area contributed by atoms with Crippen LogP contribution in [-0.2, 0) is 11.2 Å². The number of rotatable bonds is 1. The SMILES string of the molecule is CC(=O)N1N=C(c2ccc(N)cc2)c2cc3c(cc2C[C@H]1C)OC(O)O3. The zero-order chi connectivity index (χ0) is 18.4. The van der Waals surface area contributed by atoms with E-state index in [2.05, 4.69) is 5.10 Å². The van der Waals surface area contributed by atoms with Crippen LogP contribution in [0.3, 0.4) is 0 Å². The molecule has 0 radical (unpaired) electrons. The Kier molecular flexibility index (Phi) is 3.81. The lowest BCUT2D eigenvalue weighted by atomic mass is 9.94. The van der Waals surface area contributed by atoms with Crippen LogP contribution in [0.4, 0.5) is 5.69 Å². The number of nitrogen functional groups attached to an aromatic ring is 1. The second-order valence-corrected chi connectivity index (χ2v) is 6.49. The van der Waals surface area contributed by atoms with Gasteiger partial charge in [0, 0.05) is 23.7 Å². The summed E-state index contributed by atoms with van der Waals surface area (Å²) >= 11 is 0. The van der Waals surface area contributed by atoms with Gasteiger partial charge < -0.3 is 20.3 Å². The molecule has 0 saturated carbocycles. The van der Waals surface area contributed by atoms with E-state index >= 15 is 0 Å². The first-order valence-electron chi connectivity index (χ1n) is 8.35. The summed E-state index contributed by atoms with van der Waals surface area (Å²) in [4.78, 5) is 12.1. The summed E-state index contributed by atoms with van der Waals surface area (Å²) in [5, 5.41) is 15.7. The smallest absolute Gasteiger partial charge is 0.358 e. The van der Waals surface area contributed by atoms with Crippen LogP contribution in [0.15, 0.2) is 41.5 Å². The molecule has 134 valence electrons. The molecular weight excluding hydrogens is 334 g/mol. The van der Waals surface area contributed by atoms with Crippen LogP contribution < -0.4 is 15.2 Å². The third-order valence-corrected chi connectivity index (χ3v) is 4.53. The van der Waals surface area contributed by atoms with Crippen LogP contribution in [-0.4, -0.2) is 34.3 Å². The van der Waals surface area contributed by atoms with Gasteiger partial charge in [0.25, 0.3) is 0 Å². The van der Waals surface area contributed by atoms with Crippen LogP contribution in [0.1, 0.15) is 30.5 Å². The molecule has 3 N–H and O–H groups in total. The normalized spacial score (nSPS) is 21.0. The highest BCUT2D eigenvalue weighted by Gasteiger charge is 2.30. The van der Waals surface area contributed by atoms with E-state index in [4.69, 9.17) is 15.2 Å². The number of nitrogens with zero attached hydrogens (tertiary/aromatic N) is 2. The topological polar surface area (TPSA) is 97.4 Å². The van der Waals surface area contributed by atoms with Gasteiger partial charge in [0.05, 0.1) is 11.8 Å². The monoisotopic (exact) mass is 353 g/mol. The predicted molar refractivity (Wildman–Crippen MR) is 95.9 cm³/mol. The lowest BCUT2D eigenvalue weighted by Crippen LogP contribution is -2.33. The number of aliphatic hydroxyl groups excluding tert-OH is 1. The minimum absolute atomic E-state index is 0.122. The summed E-state index contributed by atoms with van der Waals surface area (Å²) in [6.07, 6.45) is 0.601. The molecule has 0 bridgehead atoms. The molecule has 0 saturated heterocycles. The van der Waals surface area contributed by atoms with E-state index in [1.807, 2.05) is 25.1 Å². The van der Waals surface area contributed by atoms with E-state index in [0.717, 1.165) is 16.7 Å². The van der Waals surface area contributed by atoms with Crippen molar-refractivity contribution in [1.29, 1.82) is 0 Å². The van der Waals surface area contributed by atoms with E-state index in [9.17, 15) is 9.90 Å². The van der Waals surface area contributed by atoms with Gasteiger partial charge >= 0.3 is 6.48 Å². The van der Waals surface area contributed by atoms with E-state index in [0.29, 0.717) is 29.3 Å². The van der Waals surface area contributed by atoms with E-state index in [1.54, 1.807) is 18.2 Å². The molecule has 0 aliphatic carbocycles. The largest absolute Gasteiger partial charge is 0.428 e. The van der Waals surface area contributed by atoms with Gasteiger partial charge in [-0.1, -0.05) is 12.1 Å². The molecule has 2 aromatic rings. The number of nitrogens with two attached hydrogens (primary N) is 1. The van der Waals surface area contributed by atoms with Crippen molar-refractivity contribution in [2.45, 2.75) is 32.8 Å². The first kappa shape index (κ1) is 16.4. The molecular formula is C19H19N3O4.